The summed E-state index contributed by atoms with van der Waals surface area (Å²) in [7, 11) is 0. The molecule has 284 valence electrons. The Morgan fingerprint density at radius 2 is 1.07 bits per heavy atom. The summed E-state index contributed by atoms with van der Waals surface area (Å²) in [5, 5.41) is 8.36. The molecule has 0 atom stereocenters. The molecule has 7 heteroatoms. The second-order valence-electron chi connectivity index (χ2n) is 12.9. The van der Waals surface area contributed by atoms with Crippen LogP contribution in [0.4, 0.5) is 0 Å². The second-order valence-corrected chi connectivity index (χ2v) is 12.9. The summed E-state index contributed by atoms with van der Waals surface area (Å²) in [6.45, 7) is 9.45. The van der Waals surface area contributed by atoms with E-state index < -0.39 is 0 Å². The van der Waals surface area contributed by atoms with E-state index in [1.165, 1.54) is 36.6 Å². The monoisotopic (exact) mass is 1080 g/mol. The van der Waals surface area contributed by atoms with Gasteiger partial charge in [0.15, 0.2) is 5.78 Å². The largest absolute Gasteiger partial charge is 0.512 e. The first-order valence-corrected chi connectivity index (χ1v) is 17.3. The van der Waals surface area contributed by atoms with Crippen molar-refractivity contribution in [3.05, 3.63) is 200 Å². The van der Waals surface area contributed by atoms with Crippen LogP contribution in [0, 0.1) is 18.2 Å². The van der Waals surface area contributed by atoms with Gasteiger partial charge in [-0.25, -0.2) is 0 Å². The minimum atomic E-state index is -0.125. The molecule has 7 aromatic rings. The van der Waals surface area contributed by atoms with Gasteiger partial charge in [-0.3, -0.25) is 4.79 Å². The van der Waals surface area contributed by atoms with Gasteiger partial charge < -0.3 is 20.1 Å². The number of aliphatic hydroxyl groups is 1. The molecule has 55 heavy (non-hydrogen) atoms. The van der Waals surface area contributed by atoms with Gasteiger partial charge in [-0.15, -0.1) is 107 Å². The summed E-state index contributed by atoms with van der Waals surface area (Å²) in [4.78, 5) is 23.1. The van der Waals surface area contributed by atoms with Crippen LogP contribution in [0.15, 0.2) is 176 Å². The number of hydrogen-bond acceptors (Lipinski definition) is 5. The number of ketones is 1. The van der Waals surface area contributed by atoms with Crippen LogP contribution in [0.25, 0.3) is 44.9 Å². The summed E-state index contributed by atoms with van der Waals surface area (Å²) < 4.78 is 0. The summed E-state index contributed by atoms with van der Waals surface area (Å²) in [6.07, 6.45) is 6.71. The van der Waals surface area contributed by atoms with Crippen molar-refractivity contribution in [2.45, 2.75) is 40.0 Å². The molecule has 0 aliphatic rings. The van der Waals surface area contributed by atoms with E-state index >= 15 is 0 Å². The molecule has 0 amide bonds. The van der Waals surface area contributed by atoms with Gasteiger partial charge in [0, 0.05) is 64.9 Å². The van der Waals surface area contributed by atoms with Crippen molar-refractivity contribution in [3.63, 3.8) is 0 Å². The molecule has 3 heterocycles. The molecule has 0 unspecified atom stereocenters. The first-order valence-electron chi connectivity index (χ1n) is 17.3. The molecule has 2 radical (unpaired) electrons. The standard InChI is InChI=1S/C21H20N.2C11H8N.C5H8O2.2Ir/c1-21(2,3)19-12-13-20(22-15-19)18-11-7-10-17(14-18)16-8-5-4-6-9-16;2*1-2-6-10(7-3-1)11-8-4-5-9-12-11;1-4(6)3-5(2)7;;/h4-10,12-15H,1-3H3;2*1-6,8-9H;3,6H,1-2H3;;/q3*-1;;;. The van der Waals surface area contributed by atoms with E-state index in [4.69, 9.17) is 5.11 Å². The molecular weight excluding hydrogens is 1030 g/mol. The molecule has 3 aromatic heterocycles. The summed E-state index contributed by atoms with van der Waals surface area (Å²) in [5.74, 6) is -0.0625. The third kappa shape index (κ3) is 16.4. The molecule has 0 aliphatic carbocycles. The number of carbonyl (C=O) groups is 1. The first-order chi connectivity index (χ1) is 25.6. The van der Waals surface area contributed by atoms with Crippen LogP contribution in [-0.2, 0) is 50.4 Å². The predicted octanol–water partition coefficient (Wildman–Crippen LogP) is 11.6. The van der Waals surface area contributed by atoms with E-state index in [1.807, 2.05) is 103 Å². The Hall–Kier alpha value is -5.16. The Morgan fingerprint density at radius 1 is 0.564 bits per heavy atom. The van der Waals surface area contributed by atoms with Crippen LogP contribution in [0.5, 0.6) is 0 Å². The van der Waals surface area contributed by atoms with Crippen molar-refractivity contribution < 1.29 is 50.1 Å². The fraction of sp³-hybridized carbons (Fsp3) is 0.125. The quantitative estimate of drug-likeness (QED) is 0.106. The van der Waals surface area contributed by atoms with Crippen molar-refractivity contribution in [3.8, 4) is 44.9 Å². The molecular formula is C48H44Ir2N3O2-3. The molecule has 4 aromatic carbocycles. The zero-order valence-corrected chi connectivity index (χ0v) is 36.3. The number of benzene rings is 4. The van der Waals surface area contributed by atoms with Crippen LogP contribution in [0.2, 0.25) is 0 Å². The van der Waals surface area contributed by atoms with E-state index in [1.54, 1.807) is 12.4 Å². The average Bonchev–Trinajstić information content (AvgIpc) is 3.20. The number of aromatic nitrogens is 3. The van der Waals surface area contributed by atoms with Gasteiger partial charge in [-0.1, -0.05) is 87.5 Å². The number of rotatable bonds is 5. The number of aliphatic hydroxyl groups excluding tert-OH is 1. The average molecular weight is 1080 g/mol. The van der Waals surface area contributed by atoms with Crippen LogP contribution < -0.4 is 0 Å². The first kappa shape index (κ1) is 46.0. The maximum Gasteiger partial charge on any atom is 0.155 e. The number of hydrogen-bond donors (Lipinski definition) is 1. The molecule has 0 bridgehead atoms. The number of allylic oxidation sites excluding steroid dienone is 2. The third-order valence-electron chi connectivity index (χ3n) is 7.53. The number of pyridine rings is 3. The van der Waals surface area contributed by atoms with Gasteiger partial charge in [-0.2, -0.15) is 0 Å². The molecule has 0 aliphatic heterocycles. The third-order valence-corrected chi connectivity index (χ3v) is 7.53. The van der Waals surface area contributed by atoms with E-state index in [9.17, 15) is 4.79 Å². The minimum absolute atomic E-state index is 0. The van der Waals surface area contributed by atoms with Crippen LogP contribution >= 0.6 is 0 Å². The number of nitrogens with zero attached hydrogens (tertiary/aromatic N) is 3. The van der Waals surface area contributed by atoms with E-state index in [2.05, 4.69) is 102 Å². The van der Waals surface area contributed by atoms with Gasteiger partial charge in [0.2, 0.25) is 0 Å². The van der Waals surface area contributed by atoms with E-state index in [-0.39, 0.29) is 57.2 Å². The smallest absolute Gasteiger partial charge is 0.155 e. The Balaban J connectivity index is 0.000000272. The number of carbonyl (C=O) groups excluding carboxylic acids is 1. The normalized spacial score (nSPS) is 10.2. The molecule has 0 fully saturated rings. The second kappa shape index (κ2) is 24.3. The van der Waals surface area contributed by atoms with Crippen LogP contribution in [0.3, 0.4) is 0 Å². The Morgan fingerprint density at radius 3 is 1.47 bits per heavy atom. The van der Waals surface area contributed by atoms with Gasteiger partial charge in [0.25, 0.3) is 0 Å². The zero-order valence-electron chi connectivity index (χ0n) is 31.5. The topological polar surface area (TPSA) is 76.0 Å². The molecule has 0 saturated heterocycles. The molecule has 7 rings (SSSR count). The summed E-state index contributed by atoms with van der Waals surface area (Å²) in [5.41, 5.74) is 9.79. The fourth-order valence-electron chi connectivity index (χ4n) is 4.87. The van der Waals surface area contributed by atoms with Crippen LogP contribution in [-0.4, -0.2) is 25.8 Å². The summed E-state index contributed by atoms with van der Waals surface area (Å²) >= 11 is 0. The maximum absolute atomic E-state index is 10.0. The SMILES string of the molecule is CC(=O)C=C(C)O.CC(C)(C)c1ccc(-c2[c-]ccc(-c3ccccc3)c2)nc1.[Ir].[Ir].[c-]1ccccc1-c1ccccn1.[c-]1ccccc1-c1ccccn1. The van der Waals surface area contributed by atoms with Crippen molar-refractivity contribution in [2.75, 3.05) is 0 Å². The molecule has 0 spiro atoms. The van der Waals surface area contributed by atoms with E-state index in [0.717, 1.165) is 33.8 Å². The van der Waals surface area contributed by atoms with Gasteiger partial charge in [0.1, 0.15) is 0 Å². The van der Waals surface area contributed by atoms with Crippen molar-refractivity contribution in [2.24, 2.45) is 0 Å². The molecule has 5 nitrogen and oxygen atoms in total. The fourth-order valence-corrected chi connectivity index (χ4v) is 4.87. The van der Waals surface area contributed by atoms with Crippen LogP contribution in [0.1, 0.15) is 40.2 Å². The Labute approximate surface area is 353 Å². The van der Waals surface area contributed by atoms with E-state index in [0.29, 0.717) is 0 Å². The van der Waals surface area contributed by atoms with Gasteiger partial charge in [0.05, 0.1) is 5.76 Å². The van der Waals surface area contributed by atoms with Crippen molar-refractivity contribution >= 4 is 5.78 Å². The maximum atomic E-state index is 10.0. The molecule has 1 N–H and O–H groups in total. The summed E-state index contributed by atoms with van der Waals surface area (Å²) in [6, 6.07) is 57.8. The minimum Gasteiger partial charge on any atom is -0.512 e. The zero-order chi connectivity index (χ0) is 37.9. The van der Waals surface area contributed by atoms with Gasteiger partial charge in [-0.05, 0) is 59.6 Å². The van der Waals surface area contributed by atoms with Gasteiger partial charge >= 0.3 is 0 Å². The van der Waals surface area contributed by atoms with Crippen molar-refractivity contribution in [1.82, 2.24) is 15.0 Å². The Kier molecular flexibility index (Phi) is 20.3. The Bertz CT molecular complexity index is 1970. The predicted molar refractivity (Wildman–Crippen MR) is 217 cm³/mol. The molecule has 0 saturated carbocycles. The van der Waals surface area contributed by atoms with Crippen molar-refractivity contribution in [1.29, 1.82) is 0 Å².